The van der Waals surface area contributed by atoms with Gasteiger partial charge in [-0.1, -0.05) is 6.07 Å². The van der Waals surface area contributed by atoms with Crippen molar-refractivity contribution >= 4 is 15.7 Å². The van der Waals surface area contributed by atoms with Crippen molar-refractivity contribution in [3.05, 3.63) is 23.8 Å². The zero-order chi connectivity index (χ0) is 22.0. The molecule has 3 fully saturated rings. The van der Waals surface area contributed by atoms with Gasteiger partial charge in [-0.2, -0.15) is 0 Å². The van der Waals surface area contributed by atoms with Gasteiger partial charge < -0.3 is 14.4 Å². The number of sulfone groups is 1. The van der Waals surface area contributed by atoms with Crippen LogP contribution in [0.1, 0.15) is 24.8 Å². The molecule has 2 aliphatic heterocycles. The van der Waals surface area contributed by atoms with Gasteiger partial charge in [0.1, 0.15) is 0 Å². The highest BCUT2D eigenvalue weighted by Gasteiger charge is 2.42. The molecule has 0 bridgehead atoms. The number of hydrogen-bond acceptors (Lipinski definition) is 7. The van der Waals surface area contributed by atoms with E-state index in [-0.39, 0.29) is 29.5 Å². The molecule has 0 N–H and O–H groups in total. The van der Waals surface area contributed by atoms with Crippen molar-refractivity contribution in [2.24, 2.45) is 0 Å². The molecule has 9 heteroatoms. The molecular weight excluding hydrogens is 418 g/mol. The molecule has 4 rings (SSSR count). The summed E-state index contributed by atoms with van der Waals surface area (Å²) in [5, 5.41) is 0. The average Bonchev–Trinajstić information content (AvgIpc) is 3.51. The Morgan fingerprint density at radius 1 is 1.00 bits per heavy atom. The first-order chi connectivity index (χ1) is 14.9. The fraction of sp³-hybridized carbons (Fsp3) is 0.682. The number of amides is 1. The second kappa shape index (κ2) is 9.34. The summed E-state index contributed by atoms with van der Waals surface area (Å²) < 4.78 is 34.5. The Hall–Kier alpha value is -1.84. The van der Waals surface area contributed by atoms with Gasteiger partial charge in [0.25, 0.3) is 0 Å². The summed E-state index contributed by atoms with van der Waals surface area (Å²) in [5.41, 5.74) is 1.17. The van der Waals surface area contributed by atoms with Crippen molar-refractivity contribution in [1.82, 2.24) is 14.7 Å². The minimum Gasteiger partial charge on any atom is -0.493 e. The molecule has 2 saturated heterocycles. The lowest BCUT2D eigenvalue weighted by atomic mass is 10.1. The van der Waals surface area contributed by atoms with Crippen LogP contribution in [-0.2, 0) is 21.2 Å². The molecule has 172 valence electrons. The van der Waals surface area contributed by atoms with Crippen LogP contribution in [-0.4, -0.2) is 99.6 Å². The highest BCUT2D eigenvalue weighted by atomic mass is 32.2. The molecule has 1 aromatic rings. The number of piperazine rings is 1. The topological polar surface area (TPSA) is 79.4 Å². The fourth-order valence-corrected chi connectivity index (χ4v) is 6.38. The first-order valence-electron chi connectivity index (χ1n) is 11.1. The van der Waals surface area contributed by atoms with Gasteiger partial charge in [0.15, 0.2) is 21.3 Å². The van der Waals surface area contributed by atoms with E-state index in [4.69, 9.17) is 9.47 Å². The summed E-state index contributed by atoms with van der Waals surface area (Å²) in [6, 6.07) is 6.12. The number of nitrogens with zero attached hydrogens (tertiary/aromatic N) is 3. The first kappa shape index (κ1) is 22.4. The van der Waals surface area contributed by atoms with E-state index in [1.807, 2.05) is 17.0 Å². The molecule has 1 saturated carbocycles. The average molecular weight is 452 g/mol. The molecular formula is C22H33N3O5S. The zero-order valence-electron chi connectivity index (χ0n) is 18.5. The van der Waals surface area contributed by atoms with E-state index in [0.29, 0.717) is 13.0 Å². The molecule has 2 heterocycles. The Morgan fingerprint density at radius 3 is 2.26 bits per heavy atom. The van der Waals surface area contributed by atoms with Gasteiger partial charge in [0.2, 0.25) is 5.91 Å². The standard InChI is InChI=1S/C22H33N3O5S/c1-29-20-6-3-17(13-21(20)30-2)14-23-8-10-24(11-9-23)15-22(26)25(18-4-5-18)19-7-12-31(27,28)16-19/h3,6,13,18-19H,4-5,7-12,14-16H2,1-2H3. The van der Waals surface area contributed by atoms with Crippen molar-refractivity contribution in [1.29, 1.82) is 0 Å². The van der Waals surface area contributed by atoms with Crippen LogP contribution in [0.4, 0.5) is 0 Å². The number of carbonyl (C=O) groups is 1. The highest BCUT2D eigenvalue weighted by Crippen LogP contribution is 2.32. The van der Waals surface area contributed by atoms with Crippen LogP contribution < -0.4 is 9.47 Å². The zero-order valence-corrected chi connectivity index (χ0v) is 19.3. The van der Waals surface area contributed by atoms with E-state index in [1.165, 1.54) is 5.56 Å². The fourth-order valence-electron chi connectivity index (χ4n) is 4.67. The number of benzene rings is 1. The summed E-state index contributed by atoms with van der Waals surface area (Å²) in [6.07, 6.45) is 2.59. The van der Waals surface area contributed by atoms with E-state index in [9.17, 15) is 13.2 Å². The maximum Gasteiger partial charge on any atom is 0.237 e. The van der Waals surface area contributed by atoms with E-state index in [2.05, 4.69) is 15.9 Å². The van der Waals surface area contributed by atoms with Crippen LogP contribution in [0.3, 0.4) is 0 Å². The Morgan fingerprint density at radius 2 is 1.68 bits per heavy atom. The molecule has 0 radical (unpaired) electrons. The molecule has 1 atom stereocenters. The molecule has 1 aliphatic carbocycles. The van der Waals surface area contributed by atoms with Gasteiger partial charge in [-0.15, -0.1) is 0 Å². The number of hydrogen-bond donors (Lipinski definition) is 0. The van der Waals surface area contributed by atoms with Crippen molar-refractivity contribution in [2.75, 3.05) is 58.4 Å². The maximum atomic E-state index is 13.0. The van der Waals surface area contributed by atoms with Crippen LogP contribution in [0.2, 0.25) is 0 Å². The van der Waals surface area contributed by atoms with Crippen LogP contribution in [0.15, 0.2) is 18.2 Å². The second-order valence-electron chi connectivity index (χ2n) is 8.83. The SMILES string of the molecule is COc1ccc(CN2CCN(CC(=O)N(C3CC3)C3CCS(=O)(=O)C3)CC2)cc1OC. The van der Waals surface area contributed by atoms with Gasteiger partial charge in [0.05, 0.1) is 32.3 Å². The quantitative estimate of drug-likeness (QED) is 0.583. The third kappa shape index (κ3) is 5.51. The molecule has 1 aromatic carbocycles. The van der Waals surface area contributed by atoms with Crippen molar-refractivity contribution in [2.45, 2.75) is 37.9 Å². The molecule has 3 aliphatic rings. The summed E-state index contributed by atoms with van der Waals surface area (Å²) >= 11 is 0. The normalized spacial score (nSPS) is 24.1. The smallest absolute Gasteiger partial charge is 0.237 e. The summed E-state index contributed by atoms with van der Waals surface area (Å²) in [7, 11) is 0.285. The van der Waals surface area contributed by atoms with Gasteiger partial charge in [-0.05, 0) is 37.0 Å². The Labute approximate surface area is 185 Å². The molecule has 1 unspecified atom stereocenters. The van der Waals surface area contributed by atoms with Crippen molar-refractivity contribution < 1.29 is 22.7 Å². The largest absolute Gasteiger partial charge is 0.493 e. The van der Waals surface area contributed by atoms with E-state index >= 15 is 0 Å². The maximum absolute atomic E-state index is 13.0. The Kier molecular flexibility index (Phi) is 6.74. The lowest BCUT2D eigenvalue weighted by Crippen LogP contribution is -2.52. The van der Waals surface area contributed by atoms with Crippen LogP contribution in [0, 0.1) is 0 Å². The summed E-state index contributed by atoms with van der Waals surface area (Å²) in [5.74, 6) is 1.90. The van der Waals surface area contributed by atoms with E-state index in [1.54, 1.807) is 14.2 Å². The van der Waals surface area contributed by atoms with Crippen LogP contribution in [0.5, 0.6) is 11.5 Å². The predicted octanol–water partition coefficient (Wildman–Crippen LogP) is 1.000. The summed E-state index contributed by atoms with van der Waals surface area (Å²) in [6.45, 7) is 4.67. The molecule has 31 heavy (non-hydrogen) atoms. The lowest BCUT2D eigenvalue weighted by Gasteiger charge is -2.36. The van der Waals surface area contributed by atoms with Crippen molar-refractivity contribution in [3.8, 4) is 11.5 Å². The van der Waals surface area contributed by atoms with Crippen molar-refractivity contribution in [3.63, 3.8) is 0 Å². The number of rotatable bonds is 8. The molecule has 8 nitrogen and oxygen atoms in total. The molecule has 1 amide bonds. The van der Waals surface area contributed by atoms with E-state index in [0.717, 1.165) is 57.1 Å². The van der Waals surface area contributed by atoms with Crippen LogP contribution >= 0.6 is 0 Å². The highest BCUT2D eigenvalue weighted by molar-refractivity contribution is 7.91. The Bertz CT molecular complexity index is 894. The second-order valence-corrected chi connectivity index (χ2v) is 11.1. The van der Waals surface area contributed by atoms with Crippen LogP contribution in [0.25, 0.3) is 0 Å². The molecule has 0 spiro atoms. The molecule has 0 aromatic heterocycles. The van der Waals surface area contributed by atoms with E-state index < -0.39 is 9.84 Å². The third-order valence-corrected chi connectivity index (χ3v) is 8.26. The number of methoxy groups -OCH3 is 2. The minimum absolute atomic E-state index is 0.0953. The first-order valence-corrected chi connectivity index (χ1v) is 12.9. The summed E-state index contributed by atoms with van der Waals surface area (Å²) in [4.78, 5) is 19.5. The third-order valence-electron chi connectivity index (χ3n) is 6.51. The minimum atomic E-state index is -2.99. The lowest BCUT2D eigenvalue weighted by molar-refractivity contribution is -0.135. The Balaban J connectivity index is 1.28. The number of ether oxygens (including phenoxy) is 2. The van der Waals surface area contributed by atoms with Gasteiger partial charge in [-0.25, -0.2) is 8.42 Å². The number of carbonyl (C=O) groups excluding carboxylic acids is 1. The predicted molar refractivity (Wildman–Crippen MR) is 118 cm³/mol. The van der Waals surface area contributed by atoms with Gasteiger partial charge in [-0.3, -0.25) is 14.6 Å². The monoisotopic (exact) mass is 451 g/mol. The van der Waals surface area contributed by atoms with Gasteiger partial charge in [0, 0.05) is 44.8 Å². The van der Waals surface area contributed by atoms with Gasteiger partial charge >= 0.3 is 0 Å².